The fourth-order valence-electron chi connectivity index (χ4n) is 1.30. The molecular formula is C11H14N2O6S. The Hall–Kier alpha value is -2.00. The van der Waals surface area contributed by atoms with Gasteiger partial charge in [-0.15, -0.1) is 0 Å². The van der Waals surface area contributed by atoms with E-state index in [1.807, 2.05) is 0 Å². The second-order valence-corrected chi connectivity index (χ2v) is 5.96. The van der Waals surface area contributed by atoms with E-state index in [0.29, 0.717) is 0 Å². The predicted molar refractivity (Wildman–Crippen MR) is 68.4 cm³/mol. The number of ether oxygens (including phenoxy) is 1. The zero-order valence-electron chi connectivity index (χ0n) is 10.9. The Bertz CT molecular complexity index is 613. The van der Waals surface area contributed by atoms with Crippen LogP contribution in [-0.2, 0) is 26.1 Å². The van der Waals surface area contributed by atoms with Crippen LogP contribution in [0.2, 0.25) is 0 Å². The number of carboxylic acid groups (broad SMARTS) is 1. The number of pyridine rings is 1. The lowest BCUT2D eigenvalue weighted by Gasteiger charge is -2.11. The van der Waals surface area contributed by atoms with Gasteiger partial charge >= 0.3 is 11.9 Å². The van der Waals surface area contributed by atoms with Crippen molar-refractivity contribution in [2.45, 2.75) is 18.7 Å². The van der Waals surface area contributed by atoms with Crippen molar-refractivity contribution >= 4 is 22.0 Å². The van der Waals surface area contributed by atoms with Crippen LogP contribution in [0.3, 0.4) is 0 Å². The highest BCUT2D eigenvalue weighted by atomic mass is 32.2. The molecule has 2 N–H and O–H groups in total. The lowest BCUT2D eigenvalue weighted by Crippen LogP contribution is -2.38. The number of esters is 1. The summed E-state index contributed by atoms with van der Waals surface area (Å²) in [6, 6.07) is 2.53. The van der Waals surface area contributed by atoms with Crippen LogP contribution in [-0.4, -0.2) is 42.8 Å². The molecule has 0 aliphatic heterocycles. The molecule has 1 aromatic rings. The second kappa shape index (κ2) is 6.44. The van der Waals surface area contributed by atoms with E-state index >= 15 is 0 Å². The van der Waals surface area contributed by atoms with Crippen molar-refractivity contribution in [3.8, 4) is 0 Å². The van der Waals surface area contributed by atoms with Gasteiger partial charge in [-0.3, -0.25) is 9.78 Å². The monoisotopic (exact) mass is 302 g/mol. The van der Waals surface area contributed by atoms with E-state index in [0.717, 1.165) is 7.11 Å². The number of aromatic nitrogens is 1. The lowest BCUT2D eigenvalue weighted by atomic mass is 10.2. The van der Waals surface area contributed by atoms with Gasteiger partial charge in [0.1, 0.15) is 0 Å². The first-order chi connectivity index (χ1) is 9.27. The normalized spacial score (nSPS) is 12.7. The summed E-state index contributed by atoms with van der Waals surface area (Å²) >= 11 is 0. The molecule has 0 fully saturated rings. The Morgan fingerprint density at radius 2 is 2.15 bits per heavy atom. The number of carbonyl (C=O) groups is 2. The Labute approximate surface area is 115 Å². The highest BCUT2D eigenvalue weighted by molar-refractivity contribution is 7.90. The van der Waals surface area contributed by atoms with Gasteiger partial charge in [-0.05, 0) is 19.1 Å². The molecule has 0 spiro atoms. The maximum absolute atomic E-state index is 11.8. The Kier molecular flexibility index (Phi) is 5.17. The molecular weight excluding hydrogens is 288 g/mol. The van der Waals surface area contributed by atoms with Gasteiger partial charge in [-0.2, -0.15) is 0 Å². The van der Waals surface area contributed by atoms with E-state index in [1.165, 1.54) is 25.3 Å². The number of hydrogen-bond acceptors (Lipinski definition) is 6. The Balaban J connectivity index is 2.79. The third-order valence-electron chi connectivity index (χ3n) is 2.52. The summed E-state index contributed by atoms with van der Waals surface area (Å²) in [5.41, 5.74) is 0.223. The first-order valence-electron chi connectivity index (χ1n) is 5.52. The molecule has 9 heteroatoms. The van der Waals surface area contributed by atoms with E-state index in [4.69, 9.17) is 5.11 Å². The van der Waals surface area contributed by atoms with Crippen LogP contribution in [0.5, 0.6) is 0 Å². The van der Waals surface area contributed by atoms with Gasteiger partial charge in [0.05, 0.1) is 24.9 Å². The third kappa shape index (κ3) is 4.00. The standard InChI is InChI=1S/C11H14N2O6S/c1-7(11(16)19-2)20(17,18)13-6-9-5-8(10(14)15)3-4-12-9/h3-5,7,13H,6H2,1-2H3,(H,14,15). The molecule has 0 aliphatic carbocycles. The van der Waals surface area contributed by atoms with Gasteiger partial charge in [0.15, 0.2) is 5.25 Å². The molecule has 1 atom stereocenters. The average Bonchev–Trinajstić information content (AvgIpc) is 2.43. The fraction of sp³-hybridized carbons (Fsp3) is 0.364. The minimum Gasteiger partial charge on any atom is -0.478 e. The zero-order valence-corrected chi connectivity index (χ0v) is 11.7. The first-order valence-corrected chi connectivity index (χ1v) is 7.07. The van der Waals surface area contributed by atoms with Gasteiger partial charge in [0.25, 0.3) is 0 Å². The quantitative estimate of drug-likeness (QED) is 0.695. The van der Waals surface area contributed by atoms with Gasteiger partial charge in [-0.1, -0.05) is 0 Å². The molecule has 0 aliphatic rings. The molecule has 0 aromatic carbocycles. The molecule has 0 radical (unpaired) electrons. The largest absolute Gasteiger partial charge is 0.478 e. The minimum absolute atomic E-state index is 0.00443. The first kappa shape index (κ1) is 16.1. The van der Waals surface area contributed by atoms with Crippen molar-refractivity contribution < 1.29 is 27.9 Å². The van der Waals surface area contributed by atoms with Gasteiger partial charge < -0.3 is 9.84 Å². The smallest absolute Gasteiger partial charge is 0.335 e. The maximum atomic E-state index is 11.8. The number of sulfonamides is 1. The second-order valence-electron chi connectivity index (χ2n) is 3.87. The van der Waals surface area contributed by atoms with Gasteiger partial charge in [-0.25, -0.2) is 17.9 Å². The Morgan fingerprint density at radius 1 is 1.50 bits per heavy atom. The number of nitrogens with one attached hydrogen (secondary N) is 1. The van der Waals surface area contributed by atoms with E-state index in [9.17, 15) is 18.0 Å². The number of hydrogen-bond donors (Lipinski definition) is 2. The molecule has 1 aromatic heterocycles. The number of rotatable bonds is 6. The molecule has 0 bridgehead atoms. The zero-order chi connectivity index (χ0) is 15.3. The van der Waals surface area contributed by atoms with Crippen molar-refractivity contribution in [2.24, 2.45) is 0 Å². The summed E-state index contributed by atoms with van der Waals surface area (Å²) in [5, 5.41) is 7.44. The highest BCUT2D eigenvalue weighted by Crippen LogP contribution is 2.05. The van der Waals surface area contributed by atoms with Crippen LogP contribution in [0.25, 0.3) is 0 Å². The maximum Gasteiger partial charge on any atom is 0.335 e. The molecule has 1 unspecified atom stereocenters. The van der Waals surface area contributed by atoms with E-state index in [2.05, 4.69) is 14.4 Å². The van der Waals surface area contributed by atoms with Crippen LogP contribution < -0.4 is 4.72 Å². The summed E-state index contributed by atoms with van der Waals surface area (Å²) in [6.45, 7) is 0.972. The van der Waals surface area contributed by atoms with Crippen molar-refractivity contribution in [2.75, 3.05) is 7.11 Å². The van der Waals surface area contributed by atoms with Crippen LogP contribution >= 0.6 is 0 Å². The van der Waals surface area contributed by atoms with Gasteiger partial charge in [0, 0.05) is 6.20 Å². The van der Waals surface area contributed by atoms with Crippen LogP contribution in [0, 0.1) is 0 Å². The molecule has 8 nitrogen and oxygen atoms in total. The molecule has 1 rings (SSSR count). The van der Waals surface area contributed by atoms with E-state index < -0.39 is 27.2 Å². The van der Waals surface area contributed by atoms with E-state index in [1.54, 1.807) is 0 Å². The van der Waals surface area contributed by atoms with Crippen molar-refractivity contribution in [1.82, 2.24) is 9.71 Å². The van der Waals surface area contributed by atoms with Crippen LogP contribution in [0.15, 0.2) is 18.3 Å². The summed E-state index contributed by atoms with van der Waals surface area (Å²) in [4.78, 5) is 25.8. The molecule has 20 heavy (non-hydrogen) atoms. The third-order valence-corrected chi connectivity index (χ3v) is 4.19. The molecule has 110 valence electrons. The lowest BCUT2D eigenvalue weighted by molar-refractivity contribution is -0.139. The van der Waals surface area contributed by atoms with Crippen molar-refractivity contribution in [3.05, 3.63) is 29.6 Å². The van der Waals surface area contributed by atoms with Crippen molar-refractivity contribution in [1.29, 1.82) is 0 Å². The summed E-state index contributed by atoms with van der Waals surface area (Å²) < 4.78 is 30.1. The topological polar surface area (TPSA) is 123 Å². The molecule has 0 saturated carbocycles. The number of aromatic carboxylic acids is 1. The number of carboxylic acids is 1. The number of carbonyl (C=O) groups excluding carboxylic acids is 1. The number of nitrogens with zero attached hydrogens (tertiary/aromatic N) is 1. The van der Waals surface area contributed by atoms with Crippen molar-refractivity contribution in [3.63, 3.8) is 0 Å². The van der Waals surface area contributed by atoms with E-state index in [-0.39, 0.29) is 17.8 Å². The average molecular weight is 302 g/mol. The summed E-state index contributed by atoms with van der Waals surface area (Å²) in [5.74, 6) is -2.02. The SMILES string of the molecule is COC(=O)C(C)S(=O)(=O)NCc1cc(C(=O)O)ccn1. The predicted octanol–water partition coefficient (Wildman–Crippen LogP) is -0.239. The van der Waals surface area contributed by atoms with Crippen LogP contribution in [0.4, 0.5) is 0 Å². The molecule has 1 heterocycles. The fourth-order valence-corrected chi connectivity index (χ4v) is 2.25. The Morgan fingerprint density at radius 3 is 2.70 bits per heavy atom. The minimum atomic E-state index is -3.91. The van der Waals surface area contributed by atoms with Crippen LogP contribution in [0.1, 0.15) is 23.0 Å². The summed E-state index contributed by atoms with van der Waals surface area (Å²) in [7, 11) is -2.83. The highest BCUT2D eigenvalue weighted by Gasteiger charge is 2.28. The molecule has 0 amide bonds. The summed E-state index contributed by atoms with van der Waals surface area (Å²) in [6.07, 6.45) is 1.26. The molecule has 0 saturated heterocycles. The van der Waals surface area contributed by atoms with Gasteiger partial charge in [0.2, 0.25) is 10.0 Å². The number of methoxy groups -OCH3 is 1.